The smallest absolute Gasteiger partial charge is 0.408 e. The van der Waals surface area contributed by atoms with Gasteiger partial charge in [0.15, 0.2) is 5.58 Å². The molecule has 7 heteroatoms. The van der Waals surface area contributed by atoms with Gasteiger partial charge in [-0.25, -0.2) is 9.18 Å². The highest BCUT2D eigenvalue weighted by Gasteiger charge is 2.18. The highest BCUT2D eigenvalue weighted by Crippen LogP contribution is 2.21. The van der Waals surface area contributed by atoms with E-state index in [0.717, 1.165) is 5.56 Å². The first-order chi connectivity index (χ1) is 12.4. The average Bonchev–Trinajstić information content (AvgIpc) is 2.93. The standard InChI is InChI=1S/C19H18ClFN2O3/c1-12(13-3-6-15(21)7-4-13)22(2)18(24)9-10-23-16-8-5-14(20)11-17(16)26-19(23)25/h3-8,11-12H,9-10H2,1-2H3. The molecule has 0 fully saturated rings. The molecule has 26 heavy (non-hydrogen) atoms. The molecule has 1 unspecified atom stereocenters. The summed E-state index contributed by atoms with van der Waals surface area (Å²) in [6.07, 6.45) is 0.138. The van der Waals surface area contributed by atoms with Gasteiger partial charge in [0.05, 0.1) is 11.6 Å². The maximum absolute atomic E-state index is 13.0. The van der Waals surface area contributed by atoms with Crippen LogP contribution in [0.15, 0.2) is 51.7 Å². The summed E-state index contributed by atoms with van der Waals surface area (Å²) < 4.78 is 19.6. The zero-order chi connectivity index (χ0) is 18.8. The summed E-state index contributed by atoms with van der Waals surface area (Å²) in [6.45, 7) is 2.07. The largest absolute Gasteiger partial charge is 0.419 e. The summed E-state index contributed by atoms with van der Waals surface area (Å²) in [4.78, 5) is 26.1. The van der Waals surface area contributed by atoms with Crippen LogP contribution in [0.4, 0.5) is 4.39 Å². The van der Waals surface area contributed by atoms with Crippen molar-refractivity contribution in [2.45, 2.75) is 25.9 Å². The fraction of sp³-hybridized carbons (Fsp3) is 0.263. The van der Waals surface area contributed by atoms with Gasteiger partial charge in [-0.1, -0.05) is 23.7 Å². The average molecular weight is 377 g/mol. The van der Waals surface area contributed by atoms with Crippen molar-refractivity contribution in [3.63, 3.8) is 0 Å². The number of hydrogen-bond acceptors (Lipinski definition) is 3. The molecule has 0 saturated carbocycles. The minimum Gasteiger partial charge on any atom is -0.408 e. The lowest BCUT2D eigenvalue weighted by atomic mass is 10.1. The van der Waals surface area contributed by atoms with Crippen LogP contribution in [0.1, 0.15) is 24.9 Å². The highest BCUT2D eigenvalue weighted by atomic mass is 35.5. The summed E-state index contributed by atoms with van der Waals surface area (Å²) in [7, 11) is 1.69. The number of nitrogens with zero attached hydrogens (tertiary/aromatic N) is 2. The molecule has 3 aromatic rings. The molecule has 1 amide bonds. The van der Waals surface area contributed by atoms with E-state index in [2.05, 4.69) is 0 Å². The molecule has 0 radical (unpaired) electrons. The minimum absolute atomic E-state index is 0.128. The van der Waals surface area contributed by atoms with E-state index < -0.39 is 5.76 Å². The van der Waals surface area contributed by atoms with Crippen molar-refractivity contribution >= 4 is 28.6 Å². The summed E-state index contributed by atoms with van der Waals surface area (Å²) in [5, 5.41) is 0.474. The molecule has 0 aliphatic carbocycles. The molecule has 1 atom stereocenters. The maximum atomic E-state index is 13.0. The monoisotopic (exact) mass is 376 g/mol. The first-order valence-corrected chi connectivity index (χ1v) is 8.54. The van der Waals surface area contributed by atoms with Crippen molar-refractivity contribution in [1.82, 2.24) is 9.47 Å². The molecular weight excluding hydrogens is 359 g/mol. The summed E-state index contributed by atoms with van der Waals surface area (Å²) in [5.74, 6) is -0.970. The predicted octanol–water partition coefficient (Wildman–Crippen LogP) is 4.00. The van der Waals surface area contributed by atoms with Crippen LogP contribution in [0.2, 0.25) is 5.02 Å². The van der Waals surface area contributed by atoms with E-state index in [4.69, 9.17) is 16.0 Å². The van der Waals surface area contributed by atoms with E-state index in [-0.39, 0.29) is 30.7 Å². The molecule has 0 aliphatic heterocycles. The topological polar surface area (TPSA) is 55.5 Å². The molecule has 0 saturated heterocycles. The zero-order valence-electron chi connectivity index (χ0n) is 14.4. The molecule has 1 heterocycles. The number of fused-ring (bicyclic) bond motifs is 1. The number of carbonyl (C=O) groups is 1. The number of oxazole rings is 1. The number of halogens is 2. The second-order valence-corrected chi connectivity index (χ2v) is 6.55. The summed E-state index contributed by atoms with van der Waals surface area (Å²) in [5.41, 5.74) is 1.83. The molecule has 2 aromatic carbocycles. The fourth-order valence-corrected chi connectivity index (χ4v) is 2.98. The van der Waals surface area contributed by atoms with Crippen LogP contribution in [-0.2, 0) is 11.3 Å². The van der Waals surface area contributed by atoms with Gasteiger partial charge in [-0.3, -0.25) is 9.36 Å². The number of carbonyl (C=O) groups excluding carboxylic acids is 1. The molecule has 136 valence electrons. The van der Waals surface area contributed by atoms with Crippen LogP contribution >= 0.6 is 11.6 Å². The van der Waals surface area contributed by atoms with Gasteiger partial charge in [0.1, 0.15) is 5.82 Å². The van der Waals surface area contributed by atoms with Crippen molar-refractivity contribution < 1.29 is 13.6 Å². The Labute approximate surface area is 154 Å². The Bertz CT molecular complexity index is 994. The van der Waals surface area contributed by atoms with Gasteiger partial charge < -0.3 is 9.32 Å². The quantitative estimate of drug-likeness (QED) is 0.676. The van der Waals surface area contributed by atoms with Crippen LogP contribution in [0.3, 0.4) is 0 Å². The SMILES string of the molecule is CC(c1ccc(F)cc1)N(C)C(=O)CCn1c(=O)oc2cc(Cl)ccc21. The van der Waals surface area contributed by atoms with Crippen molar-refractivity contribution in [2.24, 2.45) is 0 Å². The molecule has 0 N–H and O–H groups in total. The van der Waals surface area contributed by atoms with E-state index in [9.17, 15) is 14.0 Å². The number of aryl methyl sites for hydroxylation is 1. The summed E-state index contributed by atoms with van der Waals surface area (Å²) >= 11 is 5.90. The van der Waals surface area contributed by atoms with Gasteiger partial charge in [-0.15, -0.1) is 0 Å². The number of aromatic nitrogens is 1. The molecule has 0 aliphatic rings. The second kappa shape index (κ2) is 7.33. The van der Waals surface area contributed by atoms with E-state index in [1.54, 1.807) is 42.3 Å². The second-order valence-electron chi connectivity index (χ2n) is 6.11. The molecule has 0 spiro atoms. The van der Waals surface area contributed by atoms with Gasteiger partial charge in [0.25, 0.3) is 0 Å². The normalized spacial score (nSPS) is 12.3. The Balaban J connectivity index is 1.71. The van der Waals surface area contributed by atoms with Crippen molar-refractivity contribution in [1.29, 1.82) is 0 Å². The number of hydrogen-bond donors (Lipinski definition) is 0. The number of rotatable bonds is 5. The van der Waals surface area contributed by atoms with Gasteiger partial charge in [0, 0.05) is 31.1 Å². The lowest BCUT2D eigenvalue weighted by Gasteiger charge is -2.25. The number of amides is 1. The Morgan fingerprint density at radius 1 is 1.27 bits per heavy atom. The summed E-state index contributed by atoms with van der Waals surface area (Å²) in [6, 6.07) is 10.8. The first-order valence-electron chi connectivity index (χ1n) is 8.17. The van der Waals surface area contributed by atoms with E-state index in [0.29, 0.717) is 16.1 Å². The van der Waals surface area contributed by atoms with Gasteiger partial charge in [-0.2, -0.15) is 0 Å². The first kappa shape index (κ1) is 18.2. The Hall–Kier alpha value is -2.60. The van der Waals surface area contributed by atoms with Crippen LogP contribution < -0.4 is 5.76 Å². The third-order valence-electron chi connectivity index (χ3n) is 4.51. The lowest BCUT2D eigenvalue weighted by molar-refractivity contribution is -0.132. The van der Waals surface area contributed by atoms with E-state index in [1.165, 1.54) is 16.7 Å². The Morgan fingerprint density at radius 2 is 1.96 bits per heavy atom. The maximum Gasteiger partial charge on any atom is 0.419 e. The predicted molar refractivity (Wildman–Crippen MR) is 97.7 cm³/mol. The third-order valence-corrected chi connectivity index (χ3v) is 4.74. The zero-order valence-corrected chi connectivity index (χ0v) is 15.2. The van der Waals surface area contributed by atoms with Crippen LogP contribution in [0.25, 0.3) is 11.1 Å². The fourth-order valence-electron chi connectivity index (χ4n) is 2.82. The Morgan fingerprint density at radius 3 is 2.65 bits per heavy atom. The van der Waals surface area contributed by atoms with Crippen molar-refractivity contribution in [3.8, 4) is 0 Å². The van der Waals surface area contributed by atoms with Crippen LogP contribution in [-0.4, -0.2) is 22.4 Å². The van der Waals surface area contributed by atoms with Crippen molar-refractivity contribution in [2.75, 3.05) is 7.05 Å². The number of benzene rings is 2. The van der Waals surface area contributed by atoms with Crippen LogP contribution in [0, 0.1) is 5.82 Å². The molecular formula is C19H18ClFN2O3. The van der Waals surface area contributed by atoms with Gasteiger partial charge in [-0.05, 0) is 36.8 Å². The molecule has 1 aromatic heterocycles. The lowest BCUT2D eigenvalue weighted by Crippen LogP contribution is -2.31. The molecule has 5 nitrogen and oxygen atoms in total. The molecule has 3 rings (SSSR count). The van der Waals surface area contributed by atoms with Gasteiger partial charge >= 0.3 is 5.76 Å². The van der Waals surface area contributed by atoms with E-state index >= 15 is 0 Å². The molecule has 0 bridgehead atoms. The Kier molecular flexibility index (Phi) is 5.13. The van der Waals surface area contributed by atoms with Gasteiger partial charge in [0.2, 0.25) is 5.91 Å². The minimum atomic E-state index is -0.524. The highest BCUT2D eigenvalue weighted by molar-refractivity contribution is 6.31. The third kappa shape index (κ3) is 3.65. The van der Waals surface area contributed by atoms with E-state index in [1.807, 2.05) is 6.92 Å². The van der Waals surface area contributed by atoms with Crippen molar-refractivity contribution in [3.05, 3.63) is 69.4 Å². The van der Waals surface area contributed by atoms with Crippen LogP contribution in [0.5, 0.6) is 0 Å².